The number of carbonyl (C=O) groups excluding carboxylic acids is 1. The average molecular weight is 269 g/mol. The number of ether oxygens (including phenoxy) is 1. The minimum atomic E-state index is -0.119. The maximum Gasteiger partial charge on any atom is 0.237 e. The molecule has 2 heterocycles. The zero-order chi connectivity index (χ0) is 13.9. The summed E-state index contributed by atoms with van der Waals surface area (Å²) < 4.78 is 5.75. The van der Waals surface area contributed by atoms with Crippen LogP contribution in [-0.2, 0) is 9.53 Å². The van der Waals surface area contributed by atoms with Crippen LogP contribution in [0.4, 0.5) is 0 Å². The lowest BCUT2D eigenvalue weighted by atomic mass is 9.95. The van der Waals surface area contributed by atoms with Crippen molar-refractivity contribution in [3.63, 3.8) is 0 Å². The van der Waals surface area contributed by atoms with Crippen LogP contribution in [0.3, 0.4) is 0 Å². The summed E-state index contributed by atoms with van der Waals surface area (Å²) in [5.41, 5.74) is 5.70. The molecule has 5 nitrogen and oxygen atoms in total. The van der Waals surface area contributed by atoms with Gasteiger partial charge in [-0.1, -0.05) is 0 Å². The van der Waals surface area contributed by atoms with Crippen LogP contribution in [0.1, 0.15) is 39.5 Å². The van der Waals surface area contributed by atoms with E-state index >= 15 is 0 Å². The molecule has 19 heavy (non-hydrogen) atoms. The molecule has 0 aromatic rings. The highest BCUT2D eigenvalue weighted by molar-refractivity contribution is 5.82. The summed E-state index contributed by atoms with van der Waals surface area (Å²) >= 11 is 0. The van der Waals surface area contributed by atoms with E-state index in [2.05, 4.69) is 24.1 Å². The van der Waals surface area contributed by atoms with Gasteiger partial charge in [0.05, 0.1) is 12.1 Å². The molecule has 1 amide bonds. The van der Waals surface area contributed by atoms with Gasteiger partial charge in [-0.05, 0) is 46.1 Å². The second-order valence-electron chi connectivity index (χ2n) is 6.23. The fourth-order valence-corrected chi connectivity index (χ4v) is 3.14. The van der Waals surface area contributed by atoms with E-state index < -0.39 is 0 Å². The second-order valence-corrected chi connectivity index (χ2v) is 6.23. The zero-order valence-corrected chi connectivity index (χ0v) is 12.2. The summed E-state index contributed by atoms with van der Waals surface area (Å²) in [6.45, 7) is 7.40. The third-order valence-electron chi connectivity index (χ3n) is 4.36. The van der Waals surface area contributed by atoms with Gasteiger partial charge in [0.2, 0.25) is 5.91 Å². The molecule has 3 N–H and O–H groups in total. The van der Waals surface area contributed by atoms with Crippen LogP contribution < -0.4 is 11.1 Å². The van der Waals surface area contributed by atoms with E-state index in [-0.39, 0.29) is 23.6 Å². The van der Waals surface area contributed by atoms with Crippen molar-refractivity contribution in [1.29, 1.82) is 0 Å². The van der Waals surface area contributed by atoms with Crippen molar-refractivity contribution in [2.45, 2.75) is 57.2 Å². The highest BCUT2D eigenvalue weighted by Gasteiger charge is 2.39. The van der Waals surface area contributed by atoms with Crippen LogP contribution in [0.5, 0.6) is 0 Å². The summed E-state index contributed by atoms with van der Waals surface area (Å²) in [6.07, 6.45) is 4.18. The summed E-state index contributed by atoms with van der Waals surface area (Å²) in [4.78, 5) is 14.5. The Morgan fingerprint density at radius 3 is 2.95 bits per heavy atom. The SMILES string of the molecule is CC1(C)CCNC(=O)C(CCN)N1CC1CCCO1. The number of amides is 1. The number of carbonyl (C=O) groups is 1. The number of hydrogen-bond acceptors (Lipinski definition) is 4. The molecular formula is C14H27N3O2. The van der Waals surface area contributed by atoms with Crippen LogP contribution >= 0.6 is 0 Å². The maximum atomic E-state index is 12.2. The van der Waals surface area contributed by atoms with E-state index in [0.29, 0.717) is 13.0 Å². The molecule has 0 spiro atoms. The van der Waals surface area contributed by atoms with Crippen LogP contribution in [0, 0.1) is 0 Å². The quantitative estimate of drug-likeness (QED) is 0.779. The minimum Gasteiger partial charge on any atom is -0.377 e. The van der Waals surface area contributed by atoms with Crippen molar-refractivity contribution in [2.75, 3.05) is 26.2 Å². The molecule has 2 aliphatic heterocycles. The molecule has 2 rings (SSSR count). The molecule has 2 unspecified atom stereocenters. The Morgan fingerprint density at radius 1 is 1.53 bits per heavy atom. The van der Waals surface area contributed by atoms with Gasteiger partial charge in [-0.3, -0.25) is 9.69 Å². The van der Waals surface area contributed by atoms with E-state index in [4.69, 9.17) is 10.5 Å². The summed E-state index contributed by atoms with van der Waals surface area (Å²) in [5, 5.41) is 3.01. The van der Waals surface area contributed by atoms with Gasteiger partial charge < -0.3 is 15.8 Å². The summed E-state index contributed by atoms with van der Waals surface area (Å²) in [7, 11) is 0. The van der Waals surface area contributed by atoms with Crippen LogP contribution in [0.2, 0.25) is 0 Å². The lowest BCUT2D eigenvalue weighted by Gasteiger charge is -2.42. The third kappa shape index (κ3) is 3.46. The first-order chi connectivity index (χ1) is 9.04. The topological polar surface area (TPSA) is 67.6 Å². The molecule has 2 atom stereocenters. The number of nitrogens with one attached hydrogen (secondary N) is 1. The first-order valence-electron chi connectivity index (χ1n) is 7.41. The highest BCUT2D eigenvalue weighted by atomic mass is 16.5. The van der Waals surface area contributed by atoms with Crippen molar-refractivity contribution < 1.29 is 9.53 Å². The van der Waals surface area contributed by atoms with Gasteiger partial charge in [0.15, 0.2) is 0 Å². The third-order valence-corrected chi connectivity index (χ3v) is 4.36. The standard InChI is InChI=1S/C14H27N3O2/c1-14(2)6-8-16-13(18)12(5-7-15)17(14)10-11-4-3-9-19-11/h11-12H,3-10,15H2,1-2H3,(H,16,18). The first kappa shape index (κ1) is 14.8. The largest absolute Gasteiger partial charge is 0.377 e. The molecule has 0 bridgehead atoms. The van der Waals surface area contributed by atoms with Crippen LogP contribution in [0.25, 0.3) is 0 Å². The molecular weight excluding hydrogens is 242 g/mol. The van der Waals surface area contributed by atoms with E-state index in [0.717, 1.165) is 39.0 Å². The Balaban J connectivity index is 2.15. The van der Waals surface area contributed by atoms with Gasteiger partial charge in [-0.25, -0.2) is 0 Å². The lowest BCUT2D eigenvalue weighted by Crippen LogP contribution is -2.55. The van der Waals surface area contributed by atoms with Crippen molar-refractivity contribution in [3.8, 4) is 0 Å². The molecule has 0 radical (unpaired) electrons. The van der Waals surface area contributed by atoms with Gasteiger partial charge in [0.25, 0.3) is 0 Å². The Labute approximate surface area is 115 Å². The van der Waals surface area contributed by atoms with Crippen molar-refractivity contribution in [1.82, 2.24) is 10.2 Å². The molecule has 2 fully saturated rings. The van der Waals surface area contributed by atoms with Gasteiger partial charge in [-0.2, -0.15) is 0 Å². The number of nitrogens with zero attached hydrogens (tertiary/aromatic N) is 1. The predicted octanol–water partition coefficient (Wildman–Crippen LogP) is 0.483. The van der Waals surface area contributed by atoms with Gasteiger partial charge in [-0.15, -0.1) is 0 Å². The van der Waals surface area contributed by atoms with Crippen molar-refractivity contribution in [3.05, 3.63) is 0 Å². The molecule has 5 heteroatoms. The van der Waals surface area contributed by atoms with Crippen LogP contribution in [0.15, 0.2) is 0 Å². The van der Waals surface area contributed by atoms with E-state index in [9.17, 15) is 4.79 Å². The first-order valence-corrected chi connectivity index (χ1v) is 7.41. The Kier molecular flexibility index (Phi) is 4.81. The normalized spacial score (nSPS) is 32.1. The zero-order valence-electron chi connectivity index (χ0n) is 12.2. The fourth-order valence-electron chi connectivity index (χ4n) is 3.14. The molecule has 0 aromatic carbocycles. The molecule has 0 saturated carbocycles. The molecule has 110 valence electrons. The Morgan fingerprint density at radius 2 is 2.32 bits per heavy atom. The minimum absolute atomic E-state index is 0.00491. The Hall–Kier alpha value is -0.650. The number of nitrogens with two attached hydrogens (primary N) is 1. The number of hydrogen-bond donors (Lipinski definition) is 2. The van der Waals surface area contributed by atoms with E-state index in [1.165, 1.54) is 0 Å². The predicted molar refractivity (Wildman–Crippen MR) is 74.8 cm³/mol. The van der Waals surface area contributed by atoms with Crippen molar-refractivity contribution >= 4 is 5.91 Å². The summed E-state index contributed by atoms with van der Waals surface area (Å²) in [6, 6.07) is -0.119. The van der Waals surface area contributed by atoms with Crippen molar-refractivity contribution in [2.24, 2.45) is 5.73 Å². The monoisotopic (exact) mass is 269 g/mol. The Bertz CT molecular complexity index is 314. The summed E-state index contributed by atoms with van der Waals surface area (Å²) in [5.74, 6) is 0.119. The van der Waals surface area contributed by atoms with Gasteiger partial charge in [0, 0.05) is 25.2 Å². The van der Waals surface area contributed by atoms with Crippen LogP contribution in [-0.4, -0.2) is 54.7 Å². The molecule has 2 aliphatic rings. The second kappa shape index (κ2) is 6.20. The smallest absolute Gasteiger partial charge is 0.237 e. The van der Waals surface area contributed by atoms with Gasteiger partial charge in [0.1, 0.15) is 0 Å². The molecule has 2 saturated heterocycles. The van der Waals surface area contributed by atoms with Gasteiger partial charge >= 0.3 is 0 Å². The number of rotatable bonds is 4. The average Bonchev–Trinajstić information content (AvgIpc) is 2.82. The maximum absolute atomic E-state index is 12.2. The molecule has 0 aromatic heterocycles. The fraction of sp³-hybridized carbons (Fsp3) is 0.929. The highest BCUT2D eigenvalue weighted by Crippen LogP contribution is 2.27. The van der Waals surface area contributed by atoms with E-state index in [1.54, 1.807) is 0 Å². The molecule has 0 aliphatic carbocycles. The van der Waals surface area contributed by atoms with E-state index in [1.807, 2.05) is 0 Å². The lowest BCUT2D eigenvalue weighted by molar-refractivity contribution is -0.128.